The smallest absolute Gasteiger partial charge is 0.244 e. The molecule has 466 valence electrons. The minimum absolute atomic E-state index is 0.00788. The van der Waals surface area contributed by atoms with Gasteiger partial charge in [0.15, 0.2) is 0 Å². The maximum absolute atomic E-state index is 14.5. The van der Waals surface area contributed by atoms with Gasteiger partial charge in [-0.1, -0.05) is 148 Å². The molecule has 0 aliphatic carbocycles. The third kappa shape index (κ3) is 11.8. The first-order chi connectivity index (χ1) is 41.6. The molecule has 0 unspecified atom stereocenters. The summed E-state index contributed by atoms with van der Waals surface area (Å²) in [6, 6.07) is 17.5. The lowest BCUT2D eigenvalue weighted by Crippen LogP contribution is -2.30. The van der Waals surface area contributed by atoms with Crippen LogP contribution >= 0.6 is 92.8 Å². The summed E-state index contributed by atoms with van der Waals surface area (Å²) >= 11 is 58.5. The van der Waals surface area contributed by atoms with Gasteiger partial charge in [-0.3, -0.25) is 0 Å². The molecule has 28 heteroatoms. The molecule has 2 aliphatic heterocycles. The summed E-state index contributed by atoms with van der Waals surface area (Å²) in [5.74, 6) is 0. The van der Waals surface area contributed by atoms with Gasteiger partial charge in [-0.05, 0) is 97.1 Å². The number of hydrogen-bond donors (Lipinski definition) is 2. The average Bonchev–Trinajstić information content (AvgIpc) is 1.46. The van der Waals surface area contributed by atoms with E-state index in [-0.39, 0.29) is 201 Å². The summed E-state index contributed by atoms with van der Waals surface area (Å²) in [7, 11) is -17.1. The third-order valence-electron chi connectivity index (χ3n) is 15.3. The van der Waals surface area contributed by atoms with Gasteiger partial charge >= 0.3 is 0 Å². The van der Waals surface area contributed by atoms with Crippen LogP contribution in [0.25, 0.3) is 90.9 Å². The van der Waals surface area contributed by atoms with Crippen molar-refractivity contribution in [2.45, 2.75) is 75.0 Å². The van der Waals surface area contributed by atoms with Crippen molar-refractivity contribution in [3.8, 4) is 44.5 Å². The lowest BCUT2D eigenvalue weighted by Gasteiger charge is -2.21. The Morgan fingerprint density at radius 3 is 0.648 bits per heavy atom. The molecule has 9 rings (SSSR count). The lowest BCUT2D eigenvalue weighted by molar-refractivity contribution is 0.444. The molecule has 0 saturated carbocycles. The van der Waals surface area contributed by atoms with Crippen molar-refractivity contribution in [1.82, 2.24) is 37.2 Å². The van der Waals surface area contributed by atoms with E-state index >= 15 is 0 Å². The van der Waals surface area contributed by atoms with Crippen LogP contribution in [0, 0.1) is 0 Å². The molecule has 2 aliphatic rings. The molecule has 8 bridgehead atoms. The first-order valence-corrected chi connectivity index (χ1v) is 36.5. The predicted molar refractivity (Wildman–Crippen MR) is 361 cm³/mol. The highest BCUT2D eigenvalue weighted by Crippen LogP contribution is 2.50. The highest BCUT2D eigenvalue weighted by molar-refractivity contribution is 7.90. The minimum Gasteiger partial charge on any atom is -0.354 e. The van der Waals surface area contributed by atoms with Gasteiger partial charge in [-0.15, -0.1) is 0 Å². The van der Waals surface area contributed by atoms with Crippen LogP contribution < -0.4 is 0 Å². The van der Waals surface area contributed by atoms with Crippen LogP contribution in [0.4, 0.5) is 0 Å². The number of halogens is 8. The van der Waals surface area contributed by atoms with Crippen LogP contribution in [0.3, 0.4) is 0 Å². The molecule has 2 N–H and O–H groups in total. The first kappa shape index (κ1) is 67.8. The van der Waals surface area contributed by atoms with Gasteiger partial charge in [0, 0.05) is 119 Å². The molecule has 7 aromatic rings. The first-order valence-electron chi connectivity index (χ1n) is 27.8. The van der Waals surface area contributed by atoms with Gasteiger partial charge < -0.3 is 9.97 Å². The van der Waals surface area contributed by atoms with Gasteiger partial charge in [0.1, 0.15) is 19.6 Å². The van der Waals surface area contributed by atoms with Crippen molar-refractivity contribution in [2.24, 2.45) is 0 Å². The molecular formula is C60H58Cl8N8O8S4. The molecule has 3 aromatic heterocycles. The normalized spacial score (nSPS) is 13.1. The van der Waals surface area contributed by atoms with Crippen molar-refractivity contribution in [1.29, 1.82) is 0 Å². The highest BCUT2D eigenvalue weighted by atomic mass is 35.5. The van der Waals surface area contributed by atoms with Crippen LogP contribution in [0.2, 0.25) is 40.2 Å². The Kier molecular flexibility index (Phi) is 20.5. The Bertz CT molecular complexity index is 4140. The van der Waals surface area contributed by atoms with Crippen LogP contribution in [-0.2, 0) is 40.1 Å². The number of nitrogens with zero attached hydrogens (tertiary/aromatic N) is 6. The number of H-pyrrole nitrogens is 2. The molecule has 5 heterocycles. The van der Waals surface area contributed by atoms with E-state index in [1.165, 1.54) is 65.8 Å². The molecule has 0 spiro atoms. The van der Waals surface area contributed by atoms with Crippen molar-refractivity contribution < 1.29 is 33.7 Å². The van der Waals surface area contributed by atoms with Crippen molar-refractivity contribution in [3.63, 3.8) is 0 Å². The van der Waals surface area contributed by atoms with E-state index < -0.39 is 40.1 Å². The van der Waals surface area contributed by atoms with E-state index in [0.717, 1.165) is 0 Å². The van der Waals surface area contributed by atoms with Gasteiger partial charge in [-0.25, -0.2) is 43.6 Å². The number of benzene rings is 4. The zero-order chi connectivity index (χ0) is 64.3. The summed E-state index contributed by atoms with van der Waals surface area (Å²) in [4.78, 5) is 16.4. The molecule has 4 aromatic carbocycles. The molecule has 0 saturated heterocycles. The second-order valence-electron chi connectivity index (χ2n) is 19.8. The Morgan fingerprint density at radius 2 is 0.477 bits per heavy atom. The number of nitrogens with one attached hydrogen (secondary N) is 2. The highest BCUT2D eigenvalue weighted by Gasteiger charge is 2.35. The van der Waals surface area contributed by atoms with Crippen LogP contribution in [-0.4, -0.2) is 123 Å². The quantitative estimate of drug-likeness (QED) is 0.0738. The van der Waals surface area contributed by atoms with Crippen LogP contribution in [0.15, 0.2) is 92.4 Å². The maximum atomic E-state index is 14.5. The zero-order valence-corrected chi connectivity index (χ0v) is 57.8. The Labute approximate surface area is 552 Å². The van der Waals surface area contributed by atoms with E-state index in [0.29, 0.717) is 0 Å². The lowest BCUT2D eigenvalue weighted by atomic mass is 10.0. The van der Waals surface area contributed by atoms with E-state index in [4.69, 9.17) is 103 Å². The summed E-state index contributed by atoms with van der Waals surface area (Å²) in [5.41, 5.74) is 2.16. The van der Waals surface area contributed by atoms with Crippen molar-refractivity contribution >= 4 is 179 Å². The molecule has 0 fully saturated rings. The number of rotatable bonds is 20. The van der Waals surface area contributed by atoms with Crippen LogP contribution in [0.1, 0.15) is 78.2 Å². The summed E-state index contributed by atoms with van der Waals surface area (Å²) in [6.07, 6.45) is 6.47. The zero-order valence-electron chi connectivity index (χ0n) is 48.5. The van der Waals surface area contributed by atoms with E-state index in [1.54, 1.807) is 104 Å². The molecular weight excluding hydrogens is 1370 g/mol. The number of fused-ring (bicyclic) bond motifs is 8. The minimum atomic E-state index is -4.27. The van der Waals surface area contributed by atoms with Crippen molar-refractivity contribution in [3.05, 3.63) is 136 Å². The summed E-state index contributed by atoms with van der Waals surface area (Å²) in [5, 5.41) is -1.01. The summed E-state index contributed by atoms with van der Waals surface area (Å²) < 4.78 is 121. The Morgan fingerprint density at radius 1 is 0.295 bits per heavy atom. The van der Waals surface area contributed by atoms with Gasteiger partial charge in [0.2, 0.25) is 40.1 Å². The van der Waals surface area contributed by atoms with Crippen LogP contribution in [0.5, 0.6) is 0 Å². The Hall–Kier alpha value is -4.56. The number of aromatic amines is 2. The van der Waals surface area contributed by atoms with Gasteiger partial charge in [0.05, 0.1) is 63.0 Å². The SMILES string of the molecule is CCN(CC)S(=O)(=O)c1ccc(Cl)c(-c2c3nc(c(-c4c(Cl)ccc(S(=O)(=O)N(CC)CC)c4Cl)c4ccc([nH]4)c(-c4c(Cl)ccc(S(=O)(=O)N(CC)CC)c4Cl)c4nc(c(-c5c(Cl)ccc(S(=O)(=O)N(CC)CC)c5Cl)c5ccc2[nH]5)C=C4)C=C3)c1Cl. The largest absolute Gasteiger partial charge is 0.354 e. The van der Waals surface area contributed by atoms with Crippen molar-refractivity contribution in [2.75, 3.05) is 52.4 Å². The fraction of sp³-hybridized carbons (Fsp3) is 0.267. The topological polar surface area (TPSA) is 207 Å². The standard InChI is InChI=1S/C60H58Cl8N8O8S4/c1-9-73(10-2)85(77,78)45-29-17-33(61)49(57(45)65)53-37-21-23-39(69-37)54(50-34(62)18-30-46(58(50)66)86(79,80)74(11-3)12-4)41-25-27-43(71-41)56(52-36(64)20-32-48(60(52)68)88(83,84)76(15-7)16-8)44-28-26-42(72-44)55(40-24-22-38(53)70-40)51-35(63)19-31-47(59(51)67)87(81,82)75(13-5)14-6/h17-32,69,72H,9-16H2,1-8H3. The molecule has 0 atom stereocenters. The predicted octanol–water partition coefficient (Wildman–Crippen LogP) is 16.7. The monoisotopic (exact) mass is 1430 g/mol. The fourth-order valence-corrected chi connectivity index (χ4v) is 20.4. The maximum Gasteiger partial charge on any atom is 0.244 e. The molecule has 0 radical (unpaired) electrons. The van der Waals surface area contributed by atoms with E-state index in [2.05, 4.69) is 9.97 Å². The number of sulfonamides is 4. The molecule has 16 nitrogen and oxygen atoms in total. The summed E-state index contributed by atoms with van der Waals surface area (Å²) in [6.45, 7) is 14.5. The second kappa shape index (κ2) is 26.6. The van der Waals surface area contributed by atoms with Gasteiger partial charge in [-0.2, -0.15) is 17.2 Å². The Balaban J connectivity index is 1.57. The second-order valence-corrected chi connectivity index (χ2v) is 30.6. The molecule has 0 amide bonds. The molecule has 88 heavy (non-hydrogen) atoms. The third-order valence-corrected chi connectivity index (χ3v) is 26.9. The number of aromatic nitrogens is 4. The average molecular weight is 1430 g/mol. The fourth-order valence-electron chi connectivity index (χ4n) is 10.9. The van der Waals surface area contributed by atoms with E-state index in [1.807, 2.05) is 0 Å². The number of hydrogen-bond acceptors (Lipinski definition) is 10. The van der Waals surface area contributed by atoms with Gasteiger partial charge in [0.25, 0.3) is 0 Å². The van der Waals surface area contributed by atoms with E-state index in [9.17, 15) is 33.7 Å².